The van der Waals surface area contributed by atoms with E-state index in [-0.39, 0.29) is 22.7 Å². The largest absolute Gasteiger partial charge is 0.804 e. The fourth-order valence-corrected chi connectivity index (χ4v) is 5.50. The fraction of sp³-hybridized carbons (Fsp3) is 0.600. The summed E-state index contributed by atoms with van der Waals surface area (Å²) in [6.07, 6.45) is 25.2. The lowest BCUT2D eigenvalue weighted by Crippen LogP contribution is -2.26. The zero-order valence-corrected chi connectivity index (χ0v) is 23.5. The third-order valence-corrected chi connectivity index (χ3v) is 8.03. The Balaban J connectivity index is 1.77. The molecular formula is C30H46O3P+. The first-order valence-corrected chi connectivity index (χ1v) is 13.9. The van der Waals surface area contributed by atoms with Crippen LogP contribution in [-0.4, -0.2) is 0 Å². The highest BCUT2D eigenvalue weighted by atomic mass is 31.1. The van der Waals surface area contributed by atoms with Crippen LogP contribution in [0.25, 0.3) is 0 Å². The molecule has 0 saturated carbocycles. The van der Waals surface area contributed by atoms with Crippen molar-refractivity contribution >= 4 is 8.25 Å². The predicted octanol–water partition coefficient (Wildman–Crippen LogP) is 9.85. The van der Waals surface area contributed by atoms with Gasteiger partial charge in [-0.05, 0) is 74.3 Å². The average Bonchev–Trinajstić information content (AvgIpc) is 2.72. The highest BCUT2D eigenvalue weighted by Gasteiger charge is 2.31. The summed E-state index contributed by atoms with van der Waals surface area (Å²) in [5.41, 5.74) is 3.46. The molecular weight excluding hydrogens is 439 g/mol. The van der Waals surface area contributed by atoms with E-state index in [9.17, 15) is 4.57 Å². The highest BCUT2D eigenvalue weighted by Crippen LogP contribution is 2.42. The lowest BCUT2D eigenvalue weighted by Gasteiger charge is -2.36. The molecule has 0 heterocycles. The van der Waals surface area contributed by atoms with Gasteiger partial charge in [0.15, 0.2) is 12.5 Å². The molecule has 0 bridgehead atoms. The van der Waals surface area contributed by atoms with Gasteiger partial charge in [0.1, 0.15) is 0 Å². The van der Waals surface area contributed by atoms with Crippen LogP contribution < -0.4 is 0 Å². The van der Waals surface area contributed by atoms with Crippen LogP contribution in [-0.2, 0) is 13.6 Å². The number of hydrogen-bond acceptors (Lipinski definition) is 3. The minimum atomic E-state index is -2.22. The summed E-state index contributed by atoms with van der Waals surface area (Å²) in [7, 11) is -2.22. The van der Waals surface area contributed by atoms with E-state index < -0.39 is 8.25 Å². The van der Waals surface area contributed by atoms with E-state index in [1.54, 1.807) is 0 Å². The fourth-order valence-electron chi connectivity index (χ4n) is 5.11. The molecule has 0 aromatic carbocycles. The van der Waals surface area contributed by atoms with Crippen LogP contribution in [0.1, 0.15) is 81.1 Å². The normalized spacial score (nSPS) is 27.1. The monoisotopic (exact) mass is 485 g/mol. The molecule has 0 fully saturated rings. The van der Waals surface area contributed by atoms with Crippen molar-refractivity contribution in [2.24, 2.45) is 34.5 Å². The van der Waals surface area contributed by atoms with Gasteiger partial charge in [0.05, 0.1) is 0 Å². The Morgan fingerprint density at radius 2 is 1.18 bits per heavy atom. The topological polar surface area (TPSA) is 35.5 Å². The molecule has 2 aliphatic rings. The van der Waals surface area contributed by atoms with Gasteiger partial charge in [0.25, 0.3) is 0 Å². The van der Waals surface area contributed by atoms with E-state index in [2.05, 4.69) is 91.8 Å². The molecule has 34 heavy (non-hydrogen) atoms. The molecule has 188 valence electrons. The smallest absolute Gasteiger partial charge is 0.231 e. The van der Waals surface area contributed by atoms with Crippen LogP contribution >= 0.6 is 8.25 Å². The molecule has 0 amide bonds. The first-order valence-electron chi connectivity index (χ1n) is 12.8. The Morgan fingerprint density at radius 3 is 1.53 bits per heavy atom. The van der Waals surface area contributed by atoms with Crippen molar-refractivity contribution < 1.29 is 13.6 Å². The summed E-state index contributed by atoms with van der Waals surface area (Å²) in [5, 5.41) is 0. The summed E-state index contributed by atoms with van der Waals surface area (Å²) in [4.78, 5) is 0. The van der Waals surface area contributed by atoms with Crippen molar-refractivity contribution in [3.63, 3.8) is 0 Å². The third-order valence-electron chi connectivity index (χ3n) is 7.45. The summed E-state index contributed by atoms with van der Waals surface area (Å²) in [6.45, 7) is 18.0. The number of hydrogen-bond donors (Lipinski definition) is 0. The van der Waals surface area contributed by atoms with E-state index in [1.165, 1.54) is 49.4 Å². The second-order valence-corrected chi connectivity index (χ2v) is 12.4. The van der Waals surface area contributed by atoms with Crippen molar-refractivity contribution in [1.29, 1.82) is 0 Å². The third kappa shape index (κ3) is 8.73. The van der Waals surface area contributed by atoms with Crippen LogP contribution in [0.15, 0.2) is 72.3 Å². The molecule has 3 nitrogen and oxygen atoms in total. The van der Waals surface area contributed by atoms with Gasteiger partial charge in [-0.2, -0.15) is 0 Å². The van der Waals surface area contributed by atoms with Crippen molar-refractivity contribution in [2.45, 2.75) is 81.1 Å². The van der Waals surface area contributed by atoms with E-state index in [0.717, 1.165) is 0 Å². The molecule has 0 saturated heterocycles. The predicted molar refractivity (Wildman–Crippen MR) is 145 cm³/mol. The molecule has 0 aromatic rings. The van der Waals surface area contributed by atoms with Crippen LogP contribution in [0, 0.1) is 34.5 Å². The second-order valence-electron chi connectivity index (χ2n) is 11.5. The van der Waals surface area contributed by atoms with E-state index in [0.29, 0.717) is 11.8 Å². The summed E-state index contributed by atoms with van der Waals surface area (Å²) < 4.78 is 22.5. The highest BCUT2D eigenvalue weighted by molar-refractivity contribution is 7.33. The minimum absolute atomic E-state index is 0.191. The zero-order valence-electron chi connectivity index (χ0n) is 22.6. The quantitative estimate of drug-likeness (QED) is 0.175. The standard InChI is InChI=1S/C30H46O3P/c1-23(13-15-27-25(3)11-9-19-29(27,5)6)17-21-32-34(31)33-22-18-24(2)14-16-28-26(4)12-10-20-30(28,7)8/h11-18,21-24,27-28H,9-10,19-20H2,1-8H3/q+1. The van der Waals surface area contributed by atoms with Crippen molar-refractivity contribution in [3.05, 3.63) is 72.3 Å². The van der Waals surface area contributed by atoms with Gasteiger partial charge in [-0.3, -0.25) is 0 Å². The van der Waals surface area contributed by atoms with Crippen molar-refractivity contribution in [1.82, 2.24) is 0 Å². The van der Waals surface area contributed by atoms with E-state index in [1.807, 2.05) is 12.2 Å². The molecule has 4 heteroatoms. The number of rotatable bonds is 10. The Hall–Kier alpha value is -1.86. The zero-order chi connectivity index (χ0) is 25.4. The van der Waals surface area contributed by atoms with E-state index >= 15 is 0 Å². The van der Waals surface area contributed by atoms with Crippen LogP contribution in [0.4, 0.5) is 0 Å². The maximum Gasteiger partial charge on any atom is 0.804 e. The Morgan fingerprint density at radius 1 is 0.794 bits per heavy atom. The Kier molecular flexibility index (Phi) is 10.6. The molecule has 2 rings (SSSR count). The molecule has 0 spiro atoms. The minimum Gasteiger partial charge on any atom is -0.231 e. The second kappa shape index (κ2) is 12.7. The lowest BCUT2D eigenvalue weighted by molar-refractivity contribution is 0.255. The van der Waals surface area contributed by atoms with Crippen molar-refractivity contribution in [2.75, 3.05) is 0 Å². The Bertz CT molecular complexity index is 799. The van der Waals surface area contributed by atoms with Crippen molar-refractivity contribution in [3.8, 4) is 0 Å². The SMILES string of the molecule is CC1=CCCC(C)(C)C1C=CC(C)C=CO[P+](=O)OC=CC(C)C=CC1C(C)=CCCC1(C)C. The number of allylic oxidation sites excluding steroid dienone is 10. The van der Waals surface area contributed by atoms with E-state index in [4.69, 9.17) is 9.05 Å². The molecule has 0 radical (unpaired) electrons. The summed E-state index contributed by atoms with van der Waals surface area (Å²) in [5.74, 6) is 1.30. The van der Waals surface area contributed by atoms with Crippen LogP contribution in [0.3, 0.4) is 0 Å². The summed E-state index contributed by atoms with van der Waals surface area (Å²) >= 11 is 0. The summed E-state index contributed by atoms with van der Waals surface area (Å²) in [6, 6.07) is 0. The van der Waals surface area contributed by atoms with Gasteiger partial charge < -0.3 is 0 Å². The van der Waals surface area contributed by atoms with Crippen LogP contribution in [0.2, 0.25) is 0 Å². The maximum atomic E-state index is 12.0. The molecule has 0 N–H and O–H groups in total. The van der Waals surface area contributed by atoms with Gasteiger partial charge in [0.2, 0.25) is 0 Å². The lowest BCUT2D eigenvalue weighted by atomic mass is 9.68. The Labute approximate surface area is 209 Å². The first-order chi connectivity index (χ1) is 15.9. The van der Waals surface area contributed by atoms with Gasteiger partial charge in [-0.15, -0.1) is 0 Å². The molecule has 0 aliphatic heterocycles. The molecule has 4 unspecified atom stereocenters. The van der Waals surface area contributed by atoms with Gasteiger partial charge in [-0.25, -0.2) is 9.05 Å². The maximum absolute atomic E-state index is 12.0. The van der Waals surface area contributed by atoms with Gasteiger partial charge in [-0.1, -0.05) is 89.1 Å². The van der Waals surface area contributed by atoms with Gasteiger partial charge >= 0.3 is 8.25 Å². The first kappa shape index (κ1) is 28.4. The molecule has 0 aromatic heterocycles. The molecule has 2 aliphatic carbocycles. The molecule has 4 atom stereocenters. The van der Waals surface area contributed by atoms with Crippen LogP contribution in [0.5, 0.6) is 0 Å². The average molecular weight is 486 g/mol. The van der Waals surface area contributed by atoms with Gasteiger partial charge in [0, 0.05) is 16.4 Å².